The van der Waals surface area contributed by atoms with Gasteiger partial charge in [-0.05, 0) is 55.9 Å². The molecule has 24 heavy (non-hydrogen) atoms. The maximum atomic E-state index is 12.5. The molecule has 0 N–H and O–H groups in total. The van der Waals surface area contributed by atoms with Crippen molar-refractivity contribution < 1.29 is 13.2 Å². The zero-order valence-electron chi connectivity index (χ0n) is 14.5. The van der Waals surface area contributed by atoms with E-state index in [1.165, 1.54) is 57.1 Å². The lowest BCUT2D eigenvalue weighted by atomic mass is 9.80. The second-order valence-corrected chi connectivity index (χ2v) is 6.91. The molecule has 1 saturated carbocycles. The summed E-state index contributed by atoms with van der Waals surface area (Å²) in [4.78, 5) is 0. The SMILES string of the molecule is CCCCCCC1CCC(C#Cc2ccc(C(F)(F)F)cc2)CC1. The maximum absolute atomic E-state index is 12.5. The van der Waals surface area contributed by atoms with Gasteiger partial charge in [0.15, 0.2) is 0 Å². The normalized spacial score (nSPS) is 21.2. The number of halogens is 3. The molecule has 3 heteroatoms. The Morgan fingerprint density at radius 2 is 1.62 bits per heavy atom. The van der Waals surface area contributed by atoms with Crippen molar-refractivity contribution in [3.63, 3.8) is 0 Å². The highest BCUT2D eigenvalue weighted by molar-refractivity contribution is 5.37. The van der Waals surface area contributed by atoms with Crippen molar-refractivity contribution in [2.45, 2.75) is 70.9 Å². The van der Waals surface area contributed by atoms with E-state index in [-0.39, 0.29) is 0 Å². The zero-order chi connectivity index (χ0) is 17.4. The molecule has 0 atom stereocenters. The minimum absolute atomic E-state index is 0.402. The third kappa shape index (κ3) is 6.23. The molecule has 1 aromatic rings. The van der Waals surface area contributed by atoms with Gasteiger partial charge in [-0.25, -0.2) is 0 Å². The lowest BCUT2D eigenvalue weighted by Crippen LogP contribution is -2.13. The summed E-state index contributed by atoms with van der Waals surface area (Å²) in [6.45, 7) is 2.24. The van der Waals surface area contributed by atoms with Gasteiger partial charge in [-0.1, -0.05) is 50.9 Å². The fourth-order valence-electron chi connectivity index (χ4n) is 3.38. The molecular formula is C21H27F3. The Bertz CT molecular complexity index is 537. The van der Waals surface area contributed by atoms with Crippen molar-refractivity contribution in [2.75, 3.05) is 0 Å². The summed E-state index contributed by atoms with van der Waals surface area (Å²) >= 11 is 0. The van der Waals surface area contributed by atoms with E-state index in [1.54, 1.807) is 0 Å². The molecule has 0 saturated heterocycles. The molecule has 132 valence electrons. The van der Waals surface area contributed by atoms with Crippen LogP contribution in [0, 0.1) is 23.7 Å². The number of rotatable bonds is 5. The third-order valence-electron chi connectivity index (χ3n) is 4.95. The van der Waals surface area contributed by atoms with E-state index < -0.39 is 11.7 Å². The summed E-state index contributed by atoms with van der Waals surface area (Å²) in [5.41, 5.74) is 0.0568. The van der Waals surface area contributed by atoms with Crippen LogP contribution in [-0.2, 0) is 6.18 Å². The van der Waals surface area contributed by atoms with Gasteiger partial charge in [0.2, 0.25) is 0 Å². The number of hydrogen-bond acceptors (Lipinski definition) is 0. The zero-order valence-corrected chi connectivity index (χ0v) is 14.5. The molecule has 0 aromatic heterocycles. The van der Waals surface area contributed by atoms with Gasteiger partial charge in [0.25, 0.3) is 0 Å². The molecule has 0 amide bonds. The molecule has 0 aliphatic heterocycles. The Morgan fingerprint density at radius 1 is 0.958 bits per heavy atom. The van der Waals surface area contributed by atoms with Gasteiger partial charge in [0, 0.05) is 11.5 Å². The van der Waals surface area contributed by atoms with Crippen molar-refractivity contribution in [3.8, 4) is 11.8 Å². The van der Waals surface area contributed by atoms with Gasteiger partial charge < -0.3 is 0 Å². The molecule has 0 bridgehead atoms. The van der Waals surface area contributed by atoms with E-state index >= 15 is 0 Å². The summed E-state index contributed by atoms with van der Waals surface area (Å²) in [6.07, 6.45) is 7.15. The van der Waals surface area contributed by atoms with Crippen molar-refractivity contribution >= 4 is 0 Å². The highest BCUT2D eigenvalue weighted by Gasteiger charge is 2.29. The molecule has 1 aromatic carbocycles. The minimum atomic E-state index is -4.28. The minimum Gasteiger partial charge on any atom is -0.166 e. The van der Waals surface area contributed by atoms with E-state index in [4.69, 9.17) is 0 Å². The summed E-state index contributed by atoms with van der Waals surface area (Å²) in [5.74, 6) is 7.57. The number of benzene rings is 1. The topological polar surface area (TPSA) is 0 Å². The average Bonchev–Trinajstić information content (AvgIpc) is 2.57. The van der Waals surface area contributed by atoms with Crippen LogP contribution < -0.4 is 0 Å². The quantitative estimate of drug-likeness (QED) is 0.408. The Balaban J connectivity index is 1.77. The molecule has 1 aliphatic rings. The second-order valence-electron chi connectivity index (χ2n) is 6.91. The van der Waals surface area contributed by atoms with Crippen LogP contribution in [0.4, 0.5) is 13.2 Å². The van der Waals surface area contributed by atoms with Gasteiger partial charge in [0.1, 0.15) is 0 Å². The van der Waals surface area contributed by atoms with E-state index in [0.717, 1.165) is 30.9 Å². The first kappa shape index (κ1) is 18.9. The number of unbranched alkanes of at least 4 members (excludes halogenated alkanes) is 3. The number of hydrogen-bond donors (Lipinski definition) is 0. The Morgan fingerprint density at radius 3 is 2.21 bits per heavy atom. The van der Waals surface area contributed by atoms with Crippen LogP contribution in [0.3, 0.4) is 0 Å². The van der Waals surface area contributed by atoms with Crippen LogP contribution in [0.15, 0.2) is 24.3 Å². The summed E-state index contributed by atoms with van der Waals surface area (Å²) in [5, 5.41) is 0. The highest BCUT2D eigenvalue weighted by atomic mass is 19.4. The molecule has 1 aliphatic carbocycles. The Kier molecular flexibility index (Phi) is 7.21. The summed E-state index contributed by atoms with van der Waals surface area (Å²) in [6, 6.07) is 5.15. The van der Waals surface area contributed by atoms with Crippen LogP contribution in [0.2, 0.25) is 0 Å². The second kappa shape index (κ2) is 9.16. The van der Waals surface area contributed by atoms with Gasteiger partial charge in [0.05, 0.1) is 5.56 Å². The van der Waals surface area contributed by atoms with E-state index in [1.807, 2.05) is 0 Å². The third-order valence-corrected chi connectivity index (χ3v) is 4.95. The van der Waals surface area contributed by atoms with Crippen molar-refractivity contribution in [1.29, 1.82) is 0 Å². The summed E-state index contributed by atoms with van der Waals surface area (Å²) < 4.78 is 37.6. The van der Waals surface area contributed by atoms with Gasteiger partial charge in [-0.3, -0.25) is 0 Å². The average molecular weight is 336 g/mol. The monoisotopic (exact) mass is 336 g/mol. The molecule has 0 nitrogen and oxygen atoms in total. The Hall–Kier alpha value is -1.43. The molecule has 0 heterocycles. The number of alkyl halides is 3. The van der Waals surface area contributed by atoms with Crippen molar-refractivity contribution in [3.05, 3.63) is 35.4 Å². The van der Waals surface area contributed by atoms with Crippen LogP contribution in [0.1, 0.15) is 75.8 Å². The van der Waals surface area contributed by atoms with Crippen LogP contribution in [-0.4, -0.2) is 0 Å². The van der Waals surface area contributed by atoms with Crippen LogP contribution in [0.25, 0.3) is 0 Å². The van der Waals surface area contributed by atoms with Crippen LogP contribution >= 0.6 is 0 Å². The molecule has 0 radical (unpaired) electrons. The molecule has 2 rings (SSSR count). The first-order chi connectivity index (χ1) is 11.5. The fraction of sp³-hybridized carbons (Fsp3) is 0.619. The first-order valence-corrected chi connectivity index (χ1v) is 9.18. The standard InChI is InChI=1S/C21H27F3/c1-2-3-4-5-6-17-7-9-18(10-8-17)11-12-19-13-15-20(16-14-19)21(22,23)24/h13-18H,2-10H2,1H3. The van der Waals surface area contributed by atoms with E-state index in [0.29, 0.717) is 11.5 Å². The lowest BCUT2D eigenvalue weighted by Gasteiger charge is -2.25. The predicted octanol–water partition coefficient (Wildman–Crippen LogP) is 6.83. The van der Waals surface area contributed by atoms with Gasteiger partial charge in [-0.15, -0.1) is 0 Å². The molecular weight excluding hydrogens is 309 g/mol. The van der Waals surface area contributed by atoms with E-state index in [2.05, 4.69) is 18.8 Å². The smallest absolute Gasteiger partial charge is 0.166 e. The molecule has 1 fully saturated rings. The van der Waals surface area contributed by atoms with Crippen molar-refractivity contribution in [2.24, 2.45) is 11.8 Å². The summed E-state index contributed by atoms with van der Waals surface area (Å²) in [7, 11) is 0. The van der Waals surface area contributed by atoms with Gasteiger partial charge in [-0.2, -0.15) is 13.2 Å². The van der Waals surface area contributed by atoms with Gasteiger partial charge >= 0.3 is 6.18 Å². The molecule has 0 spiro atoms. The predicted molar refractivity (Wildman–Crippen MR) is 92.5 cm³/mol. The highest BCUT2D eigenvalue weighted by Crippen LogP contribution is 2.32. The lowest BCUT2D eigenvalue weighted by molar-refractivity contribution is -0.137. The fourth-order valence-corrected chi connectivity index (χ4v) is 3.38. The van der Waals surface area contributed by atoms with Crippen molar-refractivity contribution in [1.82, 2.24) is 0 Å². The Labute approximate surface area is 143 Å². The van der Waals surface area contributed by atoms with Crippen LogP contribution in [0.5, 0.6) is 0 Å². The maximum Gasteiger partial charge on any atom is 0.416 e. The molecule has 0 unspecified atom stereocenters. The largest absolute Gasteiger partial charge is 0.416 e. The van der Waals surface area contributed by atoms with E-state index in [9.17, 15) is 13.2 Å². The first-order valence-electron chi connectivity index (χ1n) is 9.18.